The van der Waals surface area contributed by atoms with E-state index >= 15 is 0 Å². The number of pyridine rings is 2. The summed E-state index contributed by atoms with van der Waals surface area (Å²) in [7, 11) is 2.20. The summed E-state index contributed by atoms with van der Waals surface area (Å²) >= 11 is 1.64. The standard InChI is InChI=1S/C29H28N8S/c1-17-6-5-9-30-27(17)19-7-4-8-20(11-19)28-33-23-13-25(31-14-24(23)38-28)34-26-10-18(2)32-29(35-26)37-16-21-12-22(37)15-36(21)3/h4-11,13-14,21-22H,12,15-16H2,1-3H3,(H,31,32,34,35)/t21-,22-/m0/s1. The van der Waals surface area contributed by atoms with Crippen molar-refractivity contribution in [2.24, 2.45) is 0 Å². The molecule has 8 nitrogen and oxygen atoms in total. The molecule has 2 aliphatic heterocycles. The Morgan fingerprint density at radius 1 is 0.895 bits per heavy atom. The van der Waals surface area contributed by atoms with Gasteiger partial charge in [-0.15, -0.1) is 11.3 Å². The minimum atomic E-state index is 0.489. The molecular formula is C29H28N8S. The largest absolute Gasteiger partial charge is 0.335 e. The van der Waals surface area contributed by atoms with Crippen molar-refractivity contribution in [2.75, 3.05) is 30.4 Å². The lowest BCUT2D eigenvalue weighted by Gasteiger charge is -2.32. The topological polar surface area (TPSA) is 83.0 Å². The molecule has 2 fully saturated rings. The van der Waals surface area contributed by atoms with E-state index in [1.807, 2.05) is 37.5 Å². The van der Waals surface area contributed by atoms with Crippen LogP contribution in [-0.4, -0.2) is 62.0 Å². The van der Waals surface area contributed by atoms with Gasteiger partial charge in [-0.05, 0) is 45.0 Å². The van der Waals surface area contributed by atoms with E-state index in [4.69, 9.17) is 15.0 Å². The average molecular weight is 521 g/mol. The zero-order valence-electron chi connectivity index (χ0n) is 21.6. The van der Waals surface area contributed by atoms with Crippen LogP contribution in [0.2, 0.25) is 0 Å². The first kappa shape index (κ1) is 23.2. The van der Waals surface area contributed by atoms with Crippen molar-refractivity contribution in [1.29, 1.82) is 0 Å². The van der Waals surface area contributed by atoms with E-state index in [2.05, 4.69) is 69.4 Å². The Morgan fingerprint density at radius 3 is 2.61 bits per heavy atom. The van der Waals surface area contributed by atoms with E-state index < -0.39 is 0 Å². The summed E-state index contributed by atoms with van der Waals surface area (Å²) in [6, 6.07) is 17.5. The van der Waals surface area contributed by atoms with Gasteiger partial charge < -0.3 is 10.2 Å². The molecular weight excluding hydrogens is 492 g/mol. The van der Waals surface area contributed by atoms with E-state index in [-0.39, 0.29) is 0 Å². The Hall–Kier alpha value is -3.95. The van der Waals surface area contributed by atoms with Crippen molar-refractivity contribution in [3.8, 4) is 21.8 Å². The van der Waals surface area contributed by atoms with Crippen LogP contribution in [-0.2, 0) is 0 Å². The summed E-state index contributed by atoms with van der Waals surface area (Å²) in [4.78, 5) is 28.6. The summed E-state index contributed by atoms with van der Waals surface area (Å²) < 4.78 is 1.04. The molecule has 1 aromatic carbocycles. The zero-order valence-corrected chi connectivity index (χ0v) is 22.4. The second kappa shape index (κ2) is 9.11. The molecule has 190 valence electrons. The summed E-state index contributed by atoms with van der Waals surface area (Å²) in [5.74, 6) is 2.27. The van der Waals surface area contributed by atoms with Crippen LogP contribution in [0.25, 0.3) is 32.0 Å². The molecule has 1 N–H and O–H groups in total. The third kappa shape index (κ3) is 4.17. The van der Waals surface area contributed by atoms with Gasteiger partial charge in [0.25, 0.3) is 0 Å². The molecule has 2 saturated heterocycles. The monoisotopic (exact) mass is 520 g/mol. The van der Waals surface area contributed by atoms with Crippen LogP contribution in [0.1, 0.15) is 17.7 Å². The fourth-order valence-electron chi connectivity index (χ4n) is 5.60. The highest BCUT2D eigenvalue weighted by Gasteiger charge is 2.42. The minimum absolute atomic E-state index is 0.489. The molecule has 0 aliphatic carbocycles. The van der Waals surface area contributed by atoms with Gasteiger partial charge in [0.1, 0.15) is 16.6 Å². The first-order valence-electron chi connectivity index (χ1n) is 12.9. The van der Waals surface area contributed by atoms with E-state index in [0.717, 1.165) is 74.0 Å². The number of piperazine rings is 1. The number of benzene rings is 1. The van der Waals surface area contributed by atoms with E-state index in [1.165, 1.54) is 6.42 Å². The van der Waals surface area contributed by atoms with Gasteiger partial charge in [0.05, 0.1) is 15.9 Å². The molecule has 2 atom stereocenters. The van der Waals surface area contributed by atoms with E-state index in [9.17, 15) is 0 Å². The molecule has 7 rings (SSSR count). The number of fused-ring (bicyclic) bond motifs is 3. The molecule has 6 heterocycles. The van der Waals surface area contributed by atoms with Crippen molar-refractivity contribution in [3.05, 3.63) is 72.2 Å². The Bertz CT molecular complexity index is 1660. The number of aryl methyl sites for hydroxylation is 2. The van der Waals surface area contributed by atoms with Crippen LogP contribution in [0.5, 0.6) is 0 Å². The third-order valence-electron chi connectivity index (χ3n) is 7.54. The number of likely N-dealkylation sites (N-methyl/N-ethyl adjacent to an activating group) is 1. The Kier molecular flexibility index (Phi) is 5.56. The molecule has 9 heteroatoms. The molecule has 0 saturated carbocycles. The maximum absolute atomic E-state index is 4.95. The van der Waals surface area contributed by atoms with Gasteiger partial charge in [0.2, 0.25) is 5.95 Å². The first-order valence-corrected chi connectivity index (χ1v) is 13.7. The van der Waals surface area contributed by atoms with Gasteiger partial charge in [-0.25, -0.2) is 15.0 Å². The smallest absolute Gasteiger partial charge is 0.227 e. The Labute approximate surface area is 225 Å². The number of hydrogen-bond acceptors (Lipinski definition) is 9. The van der Waals surface area contributed by atoms with Gasteiger partial charge in [-0.3, -0.25) is 9.88 Å². The number of anilines is 3. The van der Waals surface area contributed by atoms with E-state index in [0.29, 0.717) is 12.1 Å². The molecule has 0 spiro atoms. The Balaban J connectivity index is 1.15. The molecule has 2 aliphatic rings. The average Bonchev–Trinajstić information content (AvgIpc) is 3.62. The second-order valence-corrected chi connectivity index (χ2v) is 11.3. The molecule has 5 aromatic rings. The van der Waals surface area contributed by atoms with Crippen LogP contribution in [0.15, 0.2) is 60.9 Å². The van der Waals surface area contributed by atoms with Gasteiger partial charge in [-0.1, -0.05) is 24.3 Å². The summed E-state index contributed by atoms with van der Waals surface area (Å²) in [5, 5.41) is 4.36. The Morgan fingerprint density at radius 2 is 1.79 bits per heavy atom. The SMILES string of the molecule is Cc1cc(Nc2cc3nc(-c4cccc(-c5ncccc5C)c4)sc3cn2)nc(N2C[C@@H]3C[C@H]2CN3C)n1. The van der Waals surface area contributed by atoms with Crippen LogP contribution in [0.3, 0.4) is 0 Å². The predicted octanol–water partition coefficient (Wildman–Crippen LogP) is 5.46. The number of hydrogen-bond donors (Lipinski definition) is 1. The van der Waals surface area contributed by atoms with Crippen molar-refractivity contribution < 1.29 is 0 Å². The van der Waals surface area contributed by atoms with Crippen molar-refractivity contribution in [3.63, 3.8) is 0 Å². The predicted molar refractivity (Wildman–Crippen MR) is 153 cm³/mol. The number of nitrogens with one attached hydrogen (secondary N) is 1. The lowest BCUT2D eigenvalue weighted by Crippen LogP contribution is -2.45. The summed E-state index contributed by atoms with van der Waals surface area (Å²) in [6.07, 6.45) is 4.91. The second-order valence-electron chi connectivity index (χ2n) is 10.3. The lowest BCUT2D eigenvalue weighted by atomic mass is 10.0. The van der Waals surface area contributed by atoms with Crippen LogP contribution < -0.4 is 10.2 Å². The lowest BCUT2D eigenvalue weighted by molar-refractivity contribution is 0.291. The minimum Gasteiger partial charge on any atom is -0.335 e. The first-order chi connectivity index (χ1) is 18.5. The van der Waals surface area contributed by atoms with Gasteiger partial charge in [0.15, 0.2) is 0 Å². The van der Waals surface area contributed by atoms with E-state index in [1.54, 1.807) is 11.3 Å². The number of aromatic nitrogens is 5. The van der Waals surface area contributed by atoms with Gasteiger partial charge in [-0.2, -0.15) is 4.98 Å². The molecule has 4 aromatic heterocycles. The number of nitrogens with zero attached hydrogens (tertiary/aromatic N) is 7. The van der Waals surface area contributed by atoms with Gasteiger partial charge >= 0.3 is 0 Å². The maximum Gasteiger partial charge on any atom is 0.227 e. The van der Waals surface area contributed by atoms with Gasteiger partial charge in [0, 0.05) is 66.5 Å². The van der Waals surface area contributed by atoms with Crippen LogP contribution >= 0.6 is 11.3 Å². The van der Waals surface area contributed by atoms with Crippen molar-refractivity contribution in [2.45, 2.75) is 32.4 Å². The highest BCUT2D eigenvalue weighted by atomic mass is 32.1. The molecule has 0 amide bonds. The summed E-state index contributed by atoms with van der Waals surface area (Å²) in [6.45, 7) is 6.15. The third-order valence-corrected chi connectivity index (χ3v) is 8.59. The summed E-state index contributed by atoms with van der Waals surface area (Å²) in [5.41, 5.74) is 6.16. The van der Waals surface area contributed by atoms with Crippen molar-refractivity contribution >= 4 is 39.1 Å². The fraction of sp³-hybridized carbons (Fsp3) is 0.276. The molecule has 0 unspecified atom stereocenters. The van der Waals surface area contributed by atoms with Crippen LogP contribution in [0, 0.1) is 13.8 Å². The fourth-order valence-corrected chi connectivity index (χ4v) is 6.51. The molecule has 38 heavy (non-hydrogen) atoms. The number of thiazole rings is 1. The number of likely N-dealkylation sites (tertiary alicyclic amines) is 1. The molecule has 0 radical (unpaired) electrons. The van der Waals surface area contributed by atoms with Crippen LogP contribution in [0.4, 0.5) is 17.6 Å². The van der Waals surface area contributed by atoms with Crippen molar-refractivity contribution in [1.82, 2.24) is 29.8 Å². The molecule has 2 bridgehead atoms. The maximum atomic E-state index is 4.95. The zero-order chi connectivity index (χ0) is 25.8. The highest BCUT2D eigenvalue weighted by molar-refractivity contribution is 7.21. The highest BCUT2D eigenvalue weighted by Crippen LogP contribution is 2.35. The normalized spacial score (nSPS) is 19.0. The quantitative estimate of drug-likeness (QED) is 0.327. The number of rotatable bonds is 5.